The quantitative estimate of drug-likeness (QED) is 0.135. The summed E-state index contributed by atoms with van der Waals surface area (Å²) in [5, 5.41) is 6.49. The van der Waals surface area contributed by atoms with Crippen molar-refractivity contribution in [1.82, 2.24) is 0 Å². The number of aliphatic imine (C=N–C) groups is 1. The Morgan fingerprint density at radius 3 is 1.74 bits per heavy atom. The second-order valence-electron chi connectivity index (χ2n) is 12.6. The van der Waals surface area contributed by atoms with E-state index in [1.54, 1.807) is 0 Å². The van der Waals surface area contributed by atoms with E-state index in [0.29, 0.717) is 25.3 Å². The molecule has 50 heavy (non-hydrogen) atoms. The minimum atomic E-state index is -1.97. The van der Waals surface area contributed by atoms with Gasteiger partial charge in [0.1, 0.15) is 29.4 Å². The van der Waals surface area contributed by atoms with Gasteiger partial charge in [0.2, 0.25) is 5.90 Å². The number of fused-ring (bicyclic) bond motifs is 7. The molecule has 5 aromatic carbocycles. The monoisotopic (exact) mass is 679 g/mol. The molecule has 1 aromatic heterocycles. The molecule has 1 atom stereocenters. The Hall–Kier alpha value is -5.09. The standard InChI is InChI=1S/C44H42NO4P/c1-5-16-31(7-3)28-44(29-32(8-4)17-6-2,40-30-46-43(45-40)35-20-10-9-11-21-35)49-50-47-38-26-24-33-18-12-14-22-36(33)41(38)42-37-23-15-13-19-34(37)25-27-39(42)48-50/h5-27,40H,28-30H2,1-4H3/b16-5-,17-6-,31-7+,32-8+. The maximum atomic E-state index is 7.41. The molecule has 252 valence electrons. The second-order valence-corrected chi connectivity index (χ2v) is 13.6. The van der Waals surface area contributed by atoms with E-state index < -0.39 is 13.8 Å². The van der Waals surface area contributed by atoms with Crippen LogP contribution < -0.4 is 4.52 Å². The molecule has 0 fully saturated rings. The van der Waals surface area contributed by atoms with Gasteiger partial charge in [-0.15, -0.1) is 0 Å². The van der Waals surface area contributed by atoms with E-state index in [2.05, 4.69) is 123 Å². The largest absolute Gasteiger partial charge is 0.475 e. The fraction of sp³-hybridized carbons (Fsp3) is 0.205. The van der Waals surface area contributed by atoms with Crippen LogP contribution >= 0.6 is 8.24 Å². The zero-order chi connectivity index (χ0) is 34.5. The molecule has 0 bridgehead atoms. The van der Waals surface area contributed by atoms with Crippen LogP contribution in [0.2, 0.25) is 0 Å². The van der Waals surface area contributed by atoms with Crippen molar-refractivity contribution in [3.63, 3.8) is 0 Å². The van der Waals surface area contributed by atoms with E-state index >= 15 is 0 Å². The first-order chi connectivity index (χ1) is 24.6. The number of hydrogen-bond acceptors (Lipinski definition) is 5. The number of ether oxygens (including phenoxy) is 1. The Labute approximate surface area is 294 Å². The van der Waals surface area contributed by atoms with Gasteiger partial charge in [-0.2, -0.15) is 0 Å². The highest BCUT2D eigenvalue weighted by Crippen LogP contribution is 2.45. The Morgan fingerprint density at radius 1 is 0.700 bits per heavy atom. The maximum Gasteiger partial charge on any atom is 0.388 e. The van der Waals surface area contributed by atoms with Crippen LogP contribution in [0, 0.1) is 0 Å². The molecule has 0 saturated carbocycles. The molecule has 0 spiro atoms. The predicted octanol–water partition coefficient (Wildman–Crippen LogP) is 12.4. The Balaban J connectivity index is 1.51. The smallest absolute Gasteiger partial charge is 0.388 e. The van der Waals surface area contributed by atoms with Crippen LogP contribution in [0.25, 0.3) is 43.5 Å². The van der Waals surface area contributed by atoms with Crippen LogP contribution in [0.5, 0.6) is 0 Å². The van der Waals surface area contributed by atoms with E-state index in [1.807, 2.05) is 44.2 Å². The van der Waals surface area contributed by atoms with E-state index in [-0.39, 0.29) is 6.04 Å². The van der Waals surface area contributed by atoms with Gasteiger partial charge in [-0.1, -0.05) is 115 Å². The molecule has 0 saturated heterocycles. The summed E-state index contributed by atoms with van der Waals surface area (Å²) >= 11 is 0. The lowest BCUT2D eigenvalue weighted by atomic mass is 9.81. The van der Waals surface area contributed by atoms with Crippen molar-refractivity contribution in [3.05, 3.63) is 156 Å². The average Bonchev–Trinajstić information content (AvgIpc) is 3.60. The maximum absolute atomic E-state index is 7.41. The van der Waals surface area contributed by atoms with Gasteiger partial charge >= 0.3 is 8.24 Å². The van der Waals surface area contributed by atoms with E-state index in [1.165, 1.54) is 0 Å². The summed E-state index contributed by atoms with van der Waals surface area (Å²) < 4.78 is 27.6. The van der Waals surface area contributed by atoms with Crippen LogP contribution in [0.4, 0.5) is 0 Å². The molecule has 0 N–H and O–H groups in total. The molecule has 0 radical (unpaired) electrons. The highest BCUT2D eigenvalue weighted by Gasteiger charge is 2.46. The first-order valence-electron chi connectivity index (χ1n) is 17.3. The van der Waals surface area contributed by atoms with Crippen molar-refractivity contribution >= 4 is 57.6 Å². The molecular weight excluding hydrogens is 637 g/mol. The summed E-state index contributed by atoms with van der Waals surface area (Å²) in [5.74, 6) is 0.619. The minimum absolute atomic E-state index is 0.344. The van der Waals surface area contributed by atoms with Crippen LogP contribution in [0.1, 0.15) is 46.1 Å². The average molecular weight is 680 g/mol. The van der Waals surface area contributed by atoms with Crippen molar-refractivity contribution in [1.29, 1.82) is 0 Å². The first-order valence-corrected chi connectivity index (χ1v) is 18.4. The van der Waals surface area contributed by atoms with Gasteiger partial charge in [-0.05, 0) is 84.7 Å². The van der Waals surface area contributed by atoms with Crippen LogP contribution in [-0.2, 0) is 4.74 Å². The van der Waals surface area contributed by atoms with Gasteiger partial charge in [0.05, 0.1) is 0 Å². The second kappa shape index (κ2) is 14.8. The van der Waals surface area contributed by atoms with Gasteiger partial charge in [-0.25, -0.2) is 4.99 Å². The highest BCUT2D eigenvalue weighted by molar-refractivity contribution is 7.31. The van der Waals surface area contributed by atoms with Crippen LogP contribution in [0.15, 0.2) is 164 Å². The van der Waals surface area contributed by atoms with E-state index in [0.717, 1.165) is 60.2 Å². The van der Waals surface area contributed by atoms with E-state index in [4.69, 9.17) is 22.6 Å². The SMILES string of the molecule is C/C=C\C(=C/C)CC(CC(/C=C\C)=C/C)(Op1oc2ccc3ccccc3c2c2c(ccc3ccccc32)o1)C1COC(c2ccccc2)=N1. The molecule has 0 amide bonds. The predicted molar refractivity (Wildman–Crippen MR) is 210 cm³/mol. The lowest BCUT2D eigenvalue weighted by Gasteiger charge is -2.36. The molecule has 0 aliphatic carbocycles. The zero-order valence-electron chi connectivity index (χ0n) is 29.0. The first kappa shape index (κ1) is 33.4. The van der Waals surface area contributed by atoms with Crippen molar-refractivity contribution in [2.75, 3.05) is 6.61 Å². The van der Waals surface area contributed by atoms with Gasteiger partial charge in [0, 0.05) is 29.2 Å². The van der Waals surface area contributed by atoms with Crippen molar-refractivity contribution in [2.45, 2.75) is 52.2 Å². The van der Waals surface area contributed by atoms with Gasteiger partial charge in [-0.3, -0.25) is 4.52 Å². The summed E-state index contributed by atoms with van der Waals surface area (Å²) in [4.78, 5) is 5.25. The molecule has 1 aliphatic heterocycles. The van der Waals surface area contributed by atoms with Crippen molar-refractivity contribution in [3.8, 4) is 0 Å². The lowest BCUT2D eigenvalue weighted by Crippen LogP contribution is -2.48. The normalized spacial score (nSPS) is 16.9. The molecule has 6 aromatic rings. The third-order valence-corrected chi connectivity index (χ3v) is 10.6. The highest BCUT2D eigenvalue weighted by atomic mass is 31.1. The number of benzene rings is 5. The Kier molecular flexibility index (Phi) is 9.89. The fourth-order valence-electron chi connectivity index (χ4n) is 6.98. The lowest BCUT2D eigenvalue weighted by molar-refractivity contribution is 0.0730. The molecule has 1 unspecified atom stereocenters. The number of nitrogens with zero attached hydrogens (tertiary/aromatic N) is 1. The number of rotatable bonds is 10. The van der Waals surface area contributed by atoms with Crippen LogP contribution in [0.3, 0.4) is 0 Å². The Bertz CT molecular complexity index is 2240. The molecule has 2 heterocycles. The number of hydrogen-bond donors (Lipinski definition) is 0. The number of allylic oxidation sites excluding steroid dienone is 6. The topological polar surface area (TPSA) is 57.1 Å². The summed E-state index contributed by atoms with van der Waals surface area (Å²) in [6.07, 6.45) is 13.9. The molecular formula is C44H42NO4P. The third kappa shape index (κ3) is 6.59. The minimum Gasteiger partial charge on any atom is -0.475 e. The van der Waals surface area contributed by atoms with Gasteiger partial charge in [0.15, 0.2) is 0 Å². The zero-order valence-corrected chi connectivity index (χ0v) is 29.9. The molecule has 1 aliphatic rings. The summed E-state index contributed by atoms with van der Waals surface area (Å²) in [5.41, 5.74) is 3.79. The van der Waals surface area contributed by atoms with Gasteiger partial charge in [0.25, 0.3) is 0 Å². The Morgan fingerprint density at radius 2 is 1.22 bits per heavy atom. The molecule has 7 rings (SSSR count). The molecule has 6 heteroatoms. The summed E-state index contributed by atoms with van der Waals surface area (Å²) in [6, 6.07) is 34.9. The fourth-order valence-corrected chi connectivity index (χ4v) is 8.26. The van der Waals surface area contributed by atoms with Crippen molar-refractivity contribution in [2.24, 2.45) is 4.99 Å². The third-order valence-electron chi connectivity index (χ3n) is 9.42. The summed E-state index contributed by atoms with van der Waals surface area (Å²) in [7, 11) is -1.97. The van der Waals surface area contributed by atoms with E-state index in [9.17, 15) is 0 Å². The van der Waals surface area contributed by atoms with Crippen molar-refractivity contribution < 1.29 is 17.7 Å². The molecule has 5 nitrogen and oxygen atoms in total. The summed E-state index contributed by atoms with van der Waals surface area (Å²) in [6.45, 7) is 8.59. The van der Waals surface area contributed by atoms with Gasteiger partial charge < -0.3 is 13.1 Å². The van der Waals surface area contributed by atoms with Crippen LogP contribution in [-0.4, -0.2) is 24.1 Å².